The first-order valence-electron chi connectivity index (χ1n) is 6.25. The van der Waals surface area contributed by atoms with Crippen molar-refractivity contribution in [3.05, 3.63) is 66.4 Å². The van der Waals surface area contributed by atoms with Gasteiger partial charge in [-0.15, -0.1) is 0 Å². The van der Waals surface area contributed by atoms with Gasteiger partial charge >= 0.3 is 0 Å². The van der Waals surface area contributed by atoms with E-state index >= 15 is 0 Å². The first kappa shape index (κ1) is 12.2. The van der Waals surface area contributed by atoms with Crippen LogP contribution < -0.4 is 11.1 Å². The Morgan fingerprint density at radius 2 is 1.80 bits per heavy atom. The summed E-state index contributed by atoms with van der Waals surface area (Å²) in [5.41, 5.74) is 8.17. The number of benzene rings is 2. The highest BCUT2D eigenvalue weighted by Gasteiger charge is 2.11. The van der Waals surface area contributed by atoms with E-state index in [-0.39, 0.29) is 5.91 Å². The Kier molecular flexibility index (Phi) is 3.05. The Bertz CT molecular complexity index is 778. The second-order valence-electron chi connectivity index (χ2n) is 4.42. The van der Waals surface area contributed by atoms with E-state index in [4.69, 9.17) is 5.73 Å². The van der Waals surface area contributed by atoms with Gasteiger partial charge in [-0.05, 0) is 24.3 Å². The van der Waals surface area contributed by atoms with Crippen LogP contribution >= 0.6 is 0 Å². The molecule has 0 radical (unpaired) electrons. The number of carbonyl (C=O) groups excluding carboxylic acids is 1. The summed E-state index contributed by atoms with van der Waals surface area (Å²) in [7, 11) is 0. The summed E-state index contributed by atoms with van der Waals surface area (Å²) in [4.78, 5) is 16.6. The van der Waals surface area contributed by atoms with Crippen LogP contribution in [0.1, 0.15) is 10.4 Å². The van der Waals surface area contributed by atoms with Crippen LogP contribution in [0.5, 0.6) is 0 Å². The molecule has 0 aliphatic carbocycles. The molecule has 4 heteroatoms. The Balaban J connectivity index is 1.98. The molecule has 4 nitrogen and oxygen atoms in total. The molecule has 3 N–H and O–H groups in total. The zero-order valence-electron chi connectivity index (χ0n) is 10.7. The van der Waals surface area contributed by atoms with Gasteiger partial charge in [-0.1, -0.05) is 30.3 Å². The quantitative estimate of drug-likeness (QED) is 0.698. The van der Waals surface area contributed by atoms with E-state index in [1.165, 1.54) is 0 Å². The fourth-order valence-electron chi connectivity index (χ4n) is 2.10. The maximum absolute atomic E-state index is 12.3. The average Bonchev–Trinajstić information content (AvgIpc) is 2.48. The average molecular weight is 263 g/mol. The second-order valence-corrected chi connectivity index (χ2v) is 4.42. The largest absolute Gasteiger partial charge is 0.398 e. The molecule has 3 rings (SSSR count). The van der Waals surface area contributed by atoms with Gasteiger partial charge in [0.05, 0.1) is 16.8 Å². The van der Waals surface area contributed by atoms with Crippen LogP contribution in [0.3, 0.4) is 0 Å². The maximum Gasteiger partial charge on any atom is 0.257 e. The number of hydrogen-bond donors (Lipinski definition) is 2. The number of amides is 1. The molecule has 20 heavy (non-hydrogen) atoms. The molecule has 1 heterocycles. The third kappa shape index (κ3) is 2.19. The highest BCUT2D eigenvalue weighted by Crippen LogP contribution is 2.22. The summed E-state index contributed by atoms with van der Waals surface area (Å²) in [5, 5.41) is 3.84. The van der Waals surface area contributed by atoms with Gasteiger partial charge in [0, 0.05) is 17.3 Å². The monoisotopic (exact) mass is 263 g/mol. The lowest BCUT2D eigenvalue weighted by molar-refractivity contribution is 0.102. The fourth-order valence-corrected chi connectivity index (χ4v) is 2.10. The summed E-state index contributed by atoms with van der Waals surface area (Å²) >= 11 is 0. The van der Waals surface area contributed by atoms with Crippen molar-refractivity contribution in [3.63, 3.8) is 0 Å². The van der Waals surface area contributed by atoms with Crippen LogP contribution in [0.15, 0.2) is 60.8 Å². The topological polar surface area (TPSA) is 68.0 Å². The summed E-state index contributed by atoms with van der Waals surface area (Å²) in [6.07, 6.45) is 1.70. The molecule has 0 unspecified atom stereocenters. The minimum Gasteiger partial charge on any atom is -0.398 e. The van der Waals surface area contributed by atoms with Gasteiger partial charge in [0.2, 0.25) is 0 Å². The Morgan fingerprint density at radius 3 is 2.65 bits per heavy atom. The zero-order chi connectivity index (χ0) is 13.9. The number of fused-ring (bicyclic) bond motifs is 1. The molecule has 0 spiro atoms. The molecule has 0 saturated carbocycles. The zero-order valence-corrected chi connectivity index (χ0v) is 10.7. The number of anilines is 2. The Hall–Kier alpha value is -2.88. The van der Waals surface area contributed by atoms with E-state index < -0.39 is 0 Å². The highest BCUT2D eigenvalue weighted by atomic mass is 16.1. The number of aromatic nitrogens is 1. The molecule has 0 aliphatic heterocycles. The summed E-state index contributed by atoms with van der Waals surface area (Å²) in [5.74, 6) is -0.235. The maximum atomic E-state index is 12.3. The van der Waals surface area contributed by atoms with Crippen LogP contribution in [0.2, 0.25) is 0 Å². The van der Waals surface area contributed by atoms with Crippen LogP contribution in [0, 0.1) is 0 Å². The number of hydrogen-bond acceptors (Lipinski definition) is 3. The lowest BCUT2D eigenvalue weighted by Gasteiger charge is -2.09. The van der Waals surface area contributed by atoms with Crippen LogP contribution in [-0.4, -0.2) is 10.9 Å². The van der Waals surface area contributed by atoms with Gasteiger partial charge in [-0.25, -0.2) is 0 Å². The molecule has 0 bridgehead atoms. The van der Waals surface area contributed by atoms with Crippen molar-refractivity contribution >= 4 is 28.2 Å². The summed E-state index contributed by atoms with van der Waals surface area (Å²) in [6.45, 7) is 0. The molecule has 0 fully saturated rings. The van der Waals surface area contributed by atoms with Crippen LogP contribution in [0.4, 0.5) is 11.4 Å². The van der Waals surface area contributed by atoms with Crippen LogP contribution in [-0.2, 0) is 0 Å². The third-order valence-electron chi connectivity index (χ3n) is 3.09. The van der Waals surface area contributed by atoms with Crippen LogP contribution in [0.25, 0.3) is 10.9 Å². The number of pyridine rings is 1. The lowest BCUT2D eigenvalue weighted by Crippen LogP contribution is -2.14. The third-order valence-corrected chi connectivity index (χ3v) is 3.09. The van der Waals surface area contributed by atoms with E-state index in [1.54, 1.807) is 30.5 Å². The SMILES string of the molecule is Nc1ccccc1C(=O)Nc1cccc2cccnc12. The number of nitrogens with zero attached hydrogens (tertiary/aromatic N) is 1. The van der Waals surface area contributed by atoms with Crippen molar-refractivity contribution < 1.29 is 4.79 Å². The minimum absolute atomic E-state index is 0.235. The number of nitrogens with one attached hydrogen (secondary N) is 1. The Labute approximate surface area is 116 Å². The molecule has 98 valence electrons. The van der Waals surface area contributed by atoms with E-state index in [9.17, 15) is 4.79 Å². The van der Waals surface area contributed by atoms with Crippen molar-refractivity contribution in [3.8, 4) is 0 Å². The number of nitrogens with two attached hydrogens (primary N) is 1. The molecule has 1 aromatic heterocycles. The van der Waals surface area contributed by atoms with E-state index in [2.05, 4.69) is 10.3 Å². The first-order chi connectivity index (χ1) is 9.75. The molecule has 2 aromatic carbocycles. The van der Waals surface area contributed by atoms with Gasteiger partial charge in [0.15, 0.2) is 0 Å². The minimum atomic E-state index is -0.235. The molecule has 0 aliphatic rings. The van der Waals surface area contributed by atoms with Crippen molar-refractivity contribution in [2.45, 2.75) is 0 Å². The number of rotatable bonds is 2. The predicted molar refractivity (Wildman–Crippen MR) is 80.6 cm³/mol. The lowest BCUT2D eigenvalue weighted by atomic mass is 10.1. The van der Waals surface area contributed by atoms with Gasteiger partial charge < -0.3 is 11.1 Å². The molecular weight excluding hydrogens is 250 g/mol. The standard InChI is InChI=1S/C16H13N3O/c17-13-8-2-1-7-12(13)16(20)19-14-9-3-5-11-6-4-10-18-15(11)14/h1-10H,17H2,(H,19,20). The summed E-state index contributed by atoms with van der Waals surface area (Å²) in [6, 6.07) is 16.5. The smallest absolute Gasteiger partial charge is 0.257 e. The predicted octanol–water partition coefficient (Wildman–Crippen LogP) is 3.07. The van der Waals surface area contributed by atoms with Crippen molar-refractivity contribution in [2.24, 2.45) is 0 Å². The van der Waals surface area contributed by atoms with E-state index in [0.29, 0.717) is 16.9 Å². The van der Waals surface area contributed by atoms with Gasteiger partial charge in [0.1, 0.15) is 0 Å². The van der Waals surface area contributed by atoms with Crippen molar-refractivity contribution in [1.82, 2.24) is 4.98 Å². The molecule has 0 saturated heterocycles. The van der Waals surface area contributed by atoms with Crippen molar-refractivity contribution in [1.29, 1.82) is 0 Å². The number of para-hydroxylation sites is 2. The molecule has 1 amide bonds. The second kappa shape index (κ2) is 5.01. The molecular formula is C16H13N3O. The van der Waals surface area contributed by atoms with Gasteiger partial charge in [-0.2, -0.15) is 0 Å². The van der Waals surface area contributed by atoms with Crippen molar-refractivity contribution in [2.75, 3.05) is 11.1 Å². The van der Waals surface area contributed by atoms with Gasteiger partial charge in [-0.3, -0.25) is 9.78 Å². The number of carbonyl (C=O) groups is 1. The molecule has 0 atom stereocenters. The first-order valence-corrected chi connectivity index (χ1v) is 6.25. The Morgan fingerprint density at radius 1 is 1.00 bits per heavy atom. The normalized spacial score (nSPS) is 10.4. The fraction of sp³-hybridized carbons (Fsp3) is 0. The molecule has 3 aromatic rings. The number of nitrogen functional groups attached to an aromatic ring is 1. The van der Waals surface area contributed by atoms with E-state index in [1.807, 2.05) is 30.3 Å². The highest BCUT2D eigenvalue weighted by molar-refractivity contribution is 6.10. The van der Waals surface area contributed by atoms with E-state index in [0.717, 1.165) is 10.9 Å². The van der Waals surface area contributed by atoms with Gasteiger partial charge in [0.25, 0.3) is 5.91 Å². The summed E-state index contributed by atoms with van der Waals surface area (Å²) < 4.78 is 0.